The van der Waals surface area contributed by atoms with Gasteiger partial charge in [-0.05, 0) is 41.0 Å². The van der Waals surface area contributed by atoms with Crippen LogP contribution < -0.4 is 5.32 Å². The number of hydrogen-bond donors (Lipinski definition) is 1. The first-order valence-electron chi connectivity index (χ1n) is 6.87. The van der Waals surface area contributed by atoms with E-state index in [-0.39, 0.29) is 11.1 Å². The topological polar surface area (TPSA) is 24.5 Å². The van der Waals surface area contributed by atoms with Crippen molar-refractivity contribution in [2.24, 2.45) is 0 Å². The molecule has 0 amide bonds. The van der Waals surface area contributed by atoms with E-state index in [2.05, 4.69) is 51.8 Å². The van der Waals surface area contributed by atoms with Crippen molar-refractivity contribution >= 4 is 0 Å². The average molecular weight is 242 g/mol. The van der Waals surface area contributed by atoms with Gasteiger partial charge in [-0.25, -0.2) is 0 Å². The van der Waals surface area contributed by atoms with Gasteiger partial charge in [0.15, 0.2) is 0 Å². The number of piperazine rings is 1. The first-order valence-corrected chi connectivity index (χ1v) is 6.87. The molecule has 1 rings (SSSR count). The van der Waals surface area contributed by atoms with E-state index in [9.17, 15) is 0 Å². The molecule has 0 aromatic heterocycles. The number of nitrogens with one attached hydrogen (secondary N) is 1. The molecule has 0 bridgehead atoms. The maximum atomic E-state index is 5.83. The van der Waals surface area contributed by atoms with Crippen molar-refractivity contribution in [3.8, 4) is 0 Å². The minimum absolute atomic E-state index is 0.0255. The Hall–Kier alpha value is -0.120. The quantitative estimate of drug-likeness (QED) is 0.818. The molecule has 0 aromatic carbocycles. The molecule has 1 aliphatic heterocycles. The van der Waals surface area contributed by atoms with Gasteiger partial charge < -0.3 is 10.1 Å². The molecule has 3 nitrogen and oxygen atoms in total. The summed E-state index contributed by atoms with van der Waals surface area (Å²) in [6, 6.07) is 0.637. The Morgan fingerprint density at radius 3 is 2.53 bits per heavy atom. The third-order valence-corrected chi connectivity index (χ3v) is 3.51. The lowest BCUT2D eigenvalue weighted by Gasteiger charge is -2.46. The van der Waals surface area contributed by atoms with Gasteiger partial charge in [-0.2, -0.15) is 0 Å². The van der Waals surface area contributed by atoms with Crippen molar-refractivity contribution in [2.75, 3.05) is 26.2 Å². The van der Waals surface area contributed by atoms with Crippen LogP contribution in [0.3, 0.4) is 0 Å². The normalized spacial score (nSPS) is 26.1. The van der Waals surface area contributed by atoms with E-state index in [1.165, 1.54) is 6.42 Å². The van der Waals surface area contributed by atoms with E-state index in [4.69, 9.17) is 4.74 Å². The van der Waals surface area contributed by atoms with E-state index in [0.717, 1.165) is 26.2 Å². The molecule has 0 spiro atoms. The zero-order valence-electron chi connectivity index (χ0n) is 12.5. The standard InChI is InChI=1S/C14H30N2O/c1-7-12-10-16(14(5,6)11-15-12)8-9-17-13(2,3)4/h12,15H,7-11H2,1-6H3. The largest absolute Gasteiger partial charge is 0.375 e. The zero-order valence-corrected chi connectivity index (χ0v) is 12.5. The van der Waals surface area contributed by atoms with E-state index >= 15 is 0 Å². The fourth-order valence-corrected chi connectivity index (χ4v) is 2.21. The second-order valence-electron chi connectivity index (χ2n) is 6.71. The summed E-state index contributed by atoms with van der Waals surface area (Å²) in [6.45, 7) is 17.3. The lowest BCUT2D eigenvalue weighted by molar-refractivity contribution is -0.0333. The minimum atomic E-state index is -0.0255. The first kappa shape index (κ1) is 14.9. The molecule has 0 saturated carbocycles. The molecule has 1 saturated heterocycles. The van der Waals surface area contributed by atoms with Crippen LogP contribution >= 0.6 is 0 Å². The lowest BCUT2D eigenvalue weighted by Crippen LogP contribution is -2.62. The van der Waals surface area contributed by atoms with Crippen LogP contribution in [0.5, 0.6) is 0 Å². The van der Waals surface area contributed by atoms with E-state index in [1.54, 1.807) is 0 Å². The van der Waals surface area contributed by atoms with Gasteiger partial charge in [0.25, 0.3) is 0 Å². The smallest absolute Gasteiger partial charge is 0.0600 e. The number of rotatable bonds is 4. The Kier molecular flexibility index (Phi) is 4.99. The second-order valence-corrected chi connectivity index (χ2v) is 6.71. The zero-order chi connectivity index (χ0) is 13.1. The number of ether oxygens (including phenoxy) is 1. The summed E-state index contributed by atoms with van der Waals surface area (Å²) in [6.07, 6.45) is 1.20. The molecular weight excluding hydrogens is 212 g/mol. The fraction of sp³-hybridized carbons (Fsp3) is 1.00. The highest BCUT2D eigenvalue weighted by molar-refractivity contribution is 4.92. The molecule has 0 radical (unpaired) electrons. The van der Waals surface area contributed by atoms with Crippen molar-refractivity contribution < 1.29 is 4.74 Å². The van der Waals surface area contributed by atoms with Crippen molar-refractivity contribution in [3.63, 3.8) is 0 Å². The van der Waals surface area contributed by atoms with Crippen LogP contribution in [0.4, 0.5) is 0 Å². The number of hydrogen-bond acceptors (Lipinski definition) is 3. The molecule has 1 heterocycles. The summed E-state index contributed by atoms with van der Waals surface area (Å²) in [5.41, 5.74) is 0.218. The Bertz CT molecular complexity index is 233. The first-order chi connectivity index (χ1) is 7.74. The van der Waals surface area contributed by atoms with E-state index in [0.29, 0.717) is 6.04 Å². The maximum absolute atomic E-state index is 5.83. The average Bonchev–Trinajstić information content (AvgIpc) is 2.18. The van der Waals surface area contributed by atoms with Gasteiger partial charge in [0.1, 0.15) is 0 Å². The molecule has 3 heteroatoms. The van der Waals surface area contributed by atoms with E-state index < -0.39 is 0 Å². The van der Waals surface area contributed by atoms with Crippen molar-refractivity contribution in [3.05, 3.63) is 0 Å². The van der Waals surface area contributed by atoms with Crippen LogP contribution in [0.2, 0.25) is 0 Å². The Labute approximate surface area is 107 Å². The van der Waals surface area contributed by atoms with Crippen molar-refractivity contribution in [1.29, 1.82) is 0 Å². The summed E-state index contributed by atoms with van der Waals surface area (Å²) >= 11 is 0. The Morgan fingerprint density at radius 2 is 2.00 bits per heavy atom. The monoisotopic (exact) mass is 242 g/mol. The van der Waals surface area contributed by atoms with Gasteiger partial charge in [0.05, 0.1) is 12.2 Å². The van der Waals surface area contributed by atoms with Gasteiger partial charge in [-0.15, -0.1) is 0 Å². The van der Waals surface area contributed by atoms with Gasteiger partial charge >= 0.3 is 0 Å². The predicted molar refractivity (Wildman–Crippen MR) is 73.4 cm³/mol. The summed E-state index contributed by atoms with van der Waals surface area (Å²) in [5.74, 6) is 0. The van der Waals surface area contributed by atoms with E-state index in [1.807, 2.05) is 0 Å². The lowest BCUT2D eigenvalue weighted by atomic mass is 9.96. The van der Waals surface area contributed by atoms with Gasteiger partial charge in [-0.1, -0.05) is 6.92 Å². The predicted octanol–water partition coefficient (Wildman–Crippen LogP) is 2.26. The molecule has 1 aliphatic rings. The Balaban J connectivity index is 2.43. The number of nitrogens with zero attached hydrogens (tertiary/aromatic N) is 1. The fourth-order valence-electron chi connectivity index (χ4n) is 2.21. The summed E-state index contributed by atoms with van der Waals surface area (Å²) in [5, 5.41) is 3.61. The van der Waals surface area contributed by atoms with Crippen LogP contribution in [0.25, 0.3) is 0 Å². The van der Waals surface area contributed by atoms with Crippen LogP contribution in [-0.4, -0.2) is 48.3 Å². The molecule has 1 fully saturated rings. The minimum Gasteiger partial charge on any atom is -0.375 e. The molecule has 1 N–H and O–H groups in total. The molecule has 1 unspecified atom stereocenters. The maximum Gasteiger partial charge on any atom is 0.0600 e. The van der Waals surface area contributed by atoms with Gasteiger partial charge in [-0.3, -0.25) is 4.90 Å². The molecule has 0 aliphatic carbocycles. The summed E-state index contributed by atoms with van der Waals surface area (Å²) in [7, 11) is 0. The Morgan fingerprint density at radius 1 is 1.35 bits per heavy atom. The van der Waals surface area contributed by atoms with Crippen LogP contribution in [0, 0.1) is 0 Å². The highest BCUT2D eigenvalue weighted by Gasteiger charge is 2.32. The highest BCUT2D eigenvalue weighted by Crippen LogP contribution is 2.19. The van der Waals surface area contributed by atoms with Crippen LogP contribution in [0.15, 0.2) is 0 Å². The molecular formula is C14H30N2O. The third kappa shape index (κ3) is 4.94. The van der Waals surface area contributed by atoms with Gasteiger partial charge in [0.2, 0.25) is 0 Å². The highest BCUT2D eigenvalue weighted by atomic mass is 16.5. The summed E-state index contributed by atoms with van der Waals surface area (Å²) < 4.78 is 5.83. The van der Waals surface area contributed by atoms with Gasteiger partial charge in [0, 0.05) is 31.2 Å². The molecule has 0 aromatic rings. The molecule has 1 atom stereocenters. The third-order valence-electron chi connectivity index (χ3n) is 3.51. The van der Waals surface area contributed by atoms with Crippen LogP contribution in [0.1, 0.15) is 48.0 Å². The molecule has 102 valence electrons. The van der Waals surface area contributed by atoms with Crippen molar-refractivity contribution in [2.45, 2.75) is 65.1 Å². The van der Waals surface area contributed by atoms with Crippen LogP contribution in [-0.2, 0) is 4.74 Å². The van der Waals surface area contributed by atoms with Crippen molar-refractivity contribution in [1.82, 2.24) is 10.2 Å². The second kappa shape index (κ2) is 5.68. The SMILES string of the molecule is CCC1CN(CCOC(C)(C)C)C(C)(C)CN1. The summed E-state index contributed by atoms with van der Waals surface area (Å²) in [4.78, 5) is 2.56. The molecule has 17 heavy (non-hydrogen) atoms.